The summed E-state index contributed by atoms with van der Waals surface area (Å²) in [6.45, 7) is 4.79. The highest BCUT2D eigenvalue weighted by molar-refractivity contribution is 5.89. The first-order chi connectivity index (χ1) is 18.5. The van der Waals surface area contributed by atoms with E-state index in [1.165, 1.54) is 7.11 Å². The van der Waals surface area contributed by atoms with Crippen LogP contribution < -0.4 is 0 Å². The molecule has 9 atom stereocenters. The SMILES string of the molecule is CO[C@@H]1C[C@@H](OC[C@H]2O[C@H](O)[C@H](OC(C)=O)[C@@H](OC(C)=O)[C@@H]2OC(C)=O)O[C@@H](C)[C@@H]1OC(=O)c1ccccc1. The van der Waals surface area contributed by atoms with Crippen molar-refractivity contribution in [1.82, 2.24) is 0 Å². The number of ether oxygens (including phenoxy) is 8. The zero-order chi connectivity index (χ0) is 28.7. The number of hydrogen-bond donors (Lipinski definition) is 1. The summed E-state index contributed by atoms with van der Waals surface area (Å²) >= 11 is 0. The van der Waals surface area contributed by atoms with Crippen LogP contribution in [-0.2, 0) is 52.3 Å². The van der Waals surface area contributed by atoms with Gasteiger partial charge in [-0.05, 0) is 19.1 Å². The maximum absolute atomic E-state index is 12.6. The third-order valence-corrected chi connectivity index (χ3v) is 6.14. The Bertz CT molecular complexity index is 999. The predicted octanol–water partition coefficient (Wildman–Crippen LogP) is 0.891. The zero-order valence-corrected chi connectivity index (χ0v) is 22.3. The number of aliphatic hydroxyl groups is 1. The lowest BCUT2D eigenvalue weighted by Gasteiger charge is -2.43. The summed E-state index contributed by atoms with van der Waals surface area (Å²) in [6.07, 6.45) is -9.53. The fraction of sp³-hybridized carbons (Fsp3) is 0.615. The van der Waals surface area contributed by atoms with Gasteiger partial charge >= 0.3 is 23.9 Å². The number of carbonyl (C=O) groups excluding carboxylic acids is 4. The maximum Gasteiger partial charge on any atom is 0.338 e. The van der Waals surface area contributed by atoms with E-state index in [9.17, 15) is 24.3 Å². The quantitative estimate of drug-likeness (QED) is 0.339. The standard InChI is InChI=1S/C26H34O13/c1-13-21(39-25(30)17-9-7-6-8-10-17)18(32-5)11-20(34-13)33-12-19-22(35-14(2)27)23(36-15(3)28)24(26(31)38-19)37-16(4)29/h6-10,13,18-24,26,31H,11-12H2,1-5H3/t13-,18+,19+,20-,21-,22+,23-,24+,26-/m0/s1. The molecule has 0 radical (unpaired) electrons. The van der Waals surface area contributed by atoms with Crippen LogP contribution >= 0.6 is 0 Å². The Morgan fingerprint density at radius 3 is 2.03 bits per heavy atom. The van der Waals surface area contributed by atoms with Crippen molar-refractivity contribution in [1.29, 1.82) is 0 Å². The molecule has 0 spiro atoms. The van der Waals surface area contributed by atoms with Gasteiger partial charge in [-0.2, -0.15) is 0 Å². The molecule has 0 bridgehead atoms. The van der Waals surface area contributed by atoms with Gasteiger partial charge in [-0.3, -0.25) is 14.4 Å². The van der Waals surface area contributed by atoms with Gasteiger partial charge in [0.05, 0.1) is 18.3 Å². The van der Waals surface area contributed by atoms with Crippen LogP contribution in [0.4, 0.5) is 0 Å². The van der Waals surface area contributed by atoms with E-state index in [1.54, 1.807) is 37.3 Å². The van der Waals surface area contributed by atoms with Crippen LogP contribution in [0.2, 0.25) is 0 Å². The van der Waals surface area contributed by atoms with E-state index >= 15 is 0 Å². The molecule has 2 saturated heterocycles. The van der Waals surface area contributed by atoms with Gasteiger partial charge < -0.3 is 43.0 Å². The Labute approximate surface area is 225 Å². The van der Waals surface area contributed by atoms with Gasteiger partial charge in [0.2, 0.25) is 0 Å². The second kappa shape index (κ2) is 13.8. The van der Waals surface area contributed by atoms with Crippen molar-refractivity contribution in [3.63, 3.8) is 0 Å². The minimum Gasteiger partial charge on any atom is -0.456 e. The fourth-order valence-corrected chi connectivity index (χ4v) is 4.48. The molecule has 13 nitrogen and oxygen atoms in total. The predicted molar refractivity (Wildman–Crippen MR) is 129 cm³/mol. The molecule has 39 heavy (non-hydrogen) atoms. The minimum atomic E-state index is -1.71. The van der Waals surface area contributed by atoms with Crippen molar-refractivity contribution >= 4 is 23.9 Å². The monoisotopic (exact) mass is 554 g/mol. The van der Waals surface area contributed by atoms with Gasteiger partial charge in [-0.15, -0.1) is 0 Å². The lowest BCUT2D eigenvalue weighted by Crippen LogP contribution is -2.62. The van der Waals surface area contributed by atoms with Gasteiger partial charge in [0.15, 0.2) is 37.0 Å². The summed E-state index contributed by atoms with van der Waals surface area (Å²) in [5.41, 5.74) is 0.386. The van der Waals surface area contributed by atoms with Gasteiger partial charge in [0.1, 0.15) is 12.2 Å². The van der Waals surface area contributed by atoms with Crippen molar-refractivity contribution in [3.8, 4) is 0 Å². The number of methoxy groups -OCH3 is 1. The average Bonchev–Trinajstić information content (AvgIpc) is 2.87. The molecule has 1 N–H and O–H groups in total. The second-order valence-electron chi connectivity index (χ2n) is 9.14. The first-order valence-corrected chi connectivity index (χ1v) is 12.4. The summed E-state index contributed by atoms with van der Waals surface area (Å²) in [4.78, 5) is 47.8. The third kappa shape index (κ3) is 8.19. The van der Waals surface area contributed by atoms with E-state index < -0.39 is 79.2 Å². The number of rotatable bonds is 9. The van der Waals surface area contributed by atoms with E-state index in [1.807, 2.05) is 0 Å². The van der Waals surface area contributed by atoms with Crippen LogP contribution in [0.5, 0.6) is 0 Å². The molecule has 3 rings (SSSR count). The van der Waals surface area contributed by atoms with Crippen LogP contribution in [0.1, 0.15) is 44.5 Å². The Morgan fingerprint density at radius 1 is 0.846 bits per heavy atom. The topological polar surface area (TPSA) is 162 Å². The molecule has 13 heteroatoms. The van der Waals surface area contributed by atoms with Crippen LogP contribution in [-0.4, -0.2) is 98.0 Å². The van der Waals surface area contributed by atoms with Gasteiger partial charge in [0, 0.05) is 34.3 Å². The summed E-state index contributed by atoms with van der Waals surface area (Å²) in [6, 6.07) is 8.51. The molecule has 2 heterocycles. The molecule has 1 aromatic carbocycles. The maximum atomic E-state index is 12.6. The molecule has 216 valence electrons. The number of carbonyl (C=O) groups is 4. The van der Waals surface area contributed by atoms with E-state index in [-0.39, 0.29) is 13.0 Å². The summed E-state index contributed by atoms with van der Waals surface area (Å²) in [5.74, 6) is -2.78. The second-order valence-corrected chi connectivity index (χ2v) is 9.14. The summed E-state index contributed by atoms with van der Waals surface area (Å²) in [7, 11) is 1.47. The van der Waals surface area contributed by atoms with E-state index in [0.29, 0.717) is 5.56 Å². The first-order valence-electron chi connectivity index (χ1n) is 12.4. The fourth-order valence-electron chi connectivity index (χ4n) is 4.48. The van der Waals surface area contributed by atoms with E-state index in [2.05, 4.69) is 0 Å². The Morgan fingerprint density at radius 2 is 1.44 bits per heavy atom. The number of benzene rings is 1. The number of hydrogen-bond acceptors (Lipinski definition) is 13. The molecule has 1 aromatic rings. The highest BCUT2D eigenvalue weighted by atomic mass is 16.7. The molecule has 2 aliphatic heterocycles. The Kier molecular flexibility index (Phi) is 10.8. The smallest absolute Gasteiger partial charge is 0.338 e. The largest absolute Gasteiger partial charge is 0.456 e. The molecule has 0 aliphatic carbocycles. The van der Waals surface area contributed by atoms with Crippen LogP contribution in [0.25, 0.3) is 0 Å². The van der Waals surface area contributed by atoms with Gasteiger partial charge in [-0.1, -0.05) is 18.2 Å². The lowest BCUT2D eigenvalue weighted by molar-refractivity contribution is -0.310. The lowest BCUT2D eigenvalue weighted by atomic mass is 9.98. The van der Waals surface area contributed by atoms with Crippen molar-refractivity contribution in [2.75, 3.05) is 13.7 Å². The summed E-state index contributed by atoms with van der Waals surface area (Å²) < 4.78 is 44.2. The van der Waals surface area contributed by atoms with Crippen LogP contribution in [0.15, 0.2) is 30.3 Å². The highest BCUT2D eigenvalue weighted by Crippen LogP contribution is 2.30. The van der Waals surface area contributed by atoms with Crippen molar-refractivity contribution in [2.45, 2.75) is 89.4 Å². The third-order valence-electron chi connectivity index (χ3n) is 6.14. The molecular formula is C26H34O13. The molecule has 0 unspecified atom stereocenters. The van der Waals surface area contributed by atoms with E-state index in [4.69, 9.17) is 37.9 Å². The van der Waals surface area contributed by atoms with Gasteiger partial charge in [0.25, 0.3) is 0 Å². The average molecular weight is 555 g/mol. The van der Waals surface area contributed by atoms with Gasteiger partial charge in [-0.25, -0.2) is 4.79 Å². The Balaban J connectivity index is 1.69. The molecule has 2 fully saturated rings. The van der Waals surface area contributed by atoms with E-state index in [0.717, 1.165) is 20.8 Å². The van der Waals surface area contributed by atoms with Crippen molar-refractivity contribution in [2.24, 2.45) is 0 Å². The Hall–Kier alpha value is -3.10. The van der Waals surface area contributed by atoms with Crippen molar-refractivity contribution < 1.29 is 62.2 Å². The number of aliphatic hydroxyl groups excluding tert-OH is 1. The molecular weight excluding hydrogens is 520 g/mol. The summed E-state index contributed by atoms with van der Waals surface area (Å²) in [5, 5.41) is 10.5. The zero-order valence-electron chi connectivity index (χ0n) is 22.3. The molecule has 0 amide bonds. The minimum absolute atomic E-state index is 0.171. The van der Waals surface area contributed by atoms with Crippen LogP contribution in [0.3, 0.4) is 0 Å². The van der Waals surface area contributed by atoms with Crippen LogP contribution in [0, 0.1) is 0 Å². The first kappa shape index (κ1) is 30.4. The molecule has 2 aliphatic rings. The highest BCUT2D eigenvalue weighted by Gasteiger charge is 2.52. The number of esters is 4. The normalized spacial score (nSPS) is 32.5. The molecule has 0 aromatic heterocycles. The molecule has 0 saturated carbocycles. The van der Waals surface area contributed by atoms with Crippen molar-refractivity contribution in [3.05, 3.63) is 35.9 Å².